The minimum Gasteiger partial charge on any atom is -0.485 e. The van der Waals surface area contributed by atoms with Crippen LogP contribution in [0.15, 0.2) is 36.5 Å². The molecule has 1 aromatic heterocycles. The minimum absolute atomic E-state index is 0.115. The fourth-order valence-corrected chi connectivity index (χ4v) is 2.68. The van der Waals surface area contributed by atoms with Gasteiger partial charge in [0, 0.05) is 6.04 Å². The average molecular weight is 301 g/mol. The zero-order chi connectivity index (χ0) is 15.4. The Kier molecular flexibility index (Phi) is 4.39. The van der Waals surface area contributed by atoms with E-state index in [1.165, 1.54) is 10.9 Å². The predicted octanol–water partition coefficient (Wildman–Crippen LogP) is 1.91. The Bertz CT molecular complexity index is 633. The molecular formula is C16H19N3O3. The van der Waals surface area contributed by atoms with Crippen LogP contribution in [0.2, 0.25) is 0 Å². The SMILES string of the molecule is O=C(O)c1c(OCc2ccccc2)cnn1CC1CCCN1. The van der Waals surface area contributed by atoms with E-state index in [1.807, 2.05) is 30.3 Å². The normalized spacial score (nSPS) is 17.5. The van der Waals surface area contributed by atoms with Gasteiger partial charge in [-0.3, -0.25) is 4.68 Å². The Morgan fingerprint density at radius 2 is 2.23 bits per heavy atom. The summed E-state index contributed by atoms with van der Waals surface area (Å²) in [5.74, 6) is -0.701. The molecule has 3 rings (SSSR count). The Labute approximate surface area is 128 Å². The lowest BCUT2D eigenvalue weighted by atomic mass is 10.2. The van der Waals surface area contributed by atoms with Crippen LogP contribution >= 0.6 is 0 Å². The summed E-state index contributed by atoms with van der Waals surface area (Å²) in [4.78, 5) is 11.5. The van der Waals surface area contributed by atoms with Gasteiger partial charge >= 0.3 is 5.97 Å². The maximum atomic E-state index is 11.5. The lowest BCUT2D eigenvalue weighted by Crippen LogP contribution is -2.28. The topological polar surface area (TPSA) is 76.4 Å². The number of hydrogen-bond acceptors (Lipinski definition) is 4. The van der Waals surface area contributed by atoms with Gasteiger partial charge in [-0.15, -0.1) is 0 Å². The van der Waals surface area contributed by atoms with Crippen molar-refractivity contribution < 1.29 is 14.6 Å². The lowest BCUT2D eigenvalue weighted by molar-refractivity contribution is 0.0677. The molecular weight excluding hydrogens is 282 g/mol. The van der Waals surface area contributed by atoms with E-state index in [2.05, 4.69) is 10.4 Å². The number of nitrogens with zero attached hydrogens (tertiary/aromatic N) is 2. The van der Waals surface area contributed by atoms with Gasteiger partial charge in [0.1, 0.15) is 6.61 Å². The Morgan fingerprint density at radius 1 is 1.41 bits per heavy atom. The molecule has 1 unspecified atom stereocenters. The van der Waals surface area contributed by atoms with Crippen LogP contribution in [-0.4, -0.2) is 33.4 Å². The van der Waals surface area contributed by atoms with Crippen molar-refractivity contribution in [3.63, 3.8) is 0 Å². The van der Waals surface area contributed by atoms with Crippen LogP contribution in [-0.2, 0) is 13.2 Å². The number of aromatic nitrogens is 2. The number of carboxylic acid groups (broad SMARTS) is 1. The molecule has 0 radical (unpaired) electrons. The molecule has 1 aromatic carbocycles. The van der Waals surface area contributed by atoms with Crippen molar-refractivity contribution in [3.8, 4) is 5.75 Å². The summed E-state index contributed by atoms with van der Waals surface area (Å²) in [6, 6.07) is 9.93. The monoisotopic (exact) mass is 301 g/mol. The Morgan fingerprint density at radius 3 is 2.91 bits per heavy atom. The molecule has 1 fully saturated rings. The maximum Gasteiger partial charge on any atom is 0.358 e. The highest BCUT2D eigenvalue weighted by Gasteiger charge is 2.23. The van der Waals surface area contributed by atoms with Crippen molar-refractivity contribution in [1.82, 2.24) is 15.1 Å². The second-order valence-corrected chi connectivity index (χ2v) is 5.41. The average Bonchev–Trinajstić information content (AvgIpc) is 3.16. The molecule has 1 saturated heterocycles. The van der Waals surface area contributed by atoms with E-state index >= 15 is 0 Å². The fraction of sp³-hybridized carbons (Fsp3) is 0.375. The molecule has 1 aliphatic rings. The van der Waals surface area contributed by atoms with Gasteiger partial charge in [0.15, 0.2) is 11.4 Å². The quantitative estimate of drug-likeness (QED) is 0.852. The summed E-state index contributed by atoms with van der Waals surface area (Å²) in [7, 11) is 0. The molecule has 2 heterocycles. The smallest absolute Gasteiger partial charge is 0.358 e. The van der Waals surface area contributed by atoms with Crippen molar-refractivity contribution in [2.75, 3.05) is 6.54 Å². The maximum absolute atomic E-state index is 11.5. The first-order valence-electron chi connectivity index (χ1n) is 7.43. The zero-order valence-electron chi connectivity index (χ0n) is 12.2. The van der Waals surface area contributed by atoms with Crippen LogP contribution in [0.25, 0.3) is 0 Å². The number of nitrogens with one attached hydrogen (secondary N) is 1. The second kappa shape index (κ2) is 6.62. The fourth-order valence-electron chi connectivity index (χ4n) is 2.68. The molecule has 6 heteroatoms. The third-order valence-corrected chi connectivity index (χ3v) is 3.80. The Balaban J connectivity index is 1.73. The van der Waals surface area contributed by atoms with E-state index in [0.29, 0.717) is 18.9 Å². The van der Waals surface area contributed by atoms with Gasteiger partial charge in [0.25, 0.3) is 0 Å². The largest absolute Gasteiger partial charge is 0.485 e. The highest BCUT2D eigenvalue weighted by molar-refractivity contribution is 5.88. The molecule has 2 N–H and O–H groups in total. The van der Waals surface area contributed by atoms with Gasteiger partial charge in [0.05, 0.1) is 12.7 Å². The van der Waals surface area contributed by atoms with Crippen LogP contribution < -0.4 is 10.1 Å². The van der Waals surface area contributed by atoms with Crippen molar-refractivity contribution in [2.45, 2.75) is 32.0 Å². The standard InChI is InChI=1S/C16H19N3O3/c20-16(21)15-14(22-11-12-5-2-1-3-6-12)9-18-19(15)10-13-7-4-8-17-13/h1-3,5-6,9,13,17H,4,7-8,10-11H2,(H,20,21). The predicted molar refractivity (Wildman–Crippen MR) is 81.0 cm³/mol. The zero-order valence-corrected chi connectivity index (χ0v) is 12.2. The highest BCUT2D eigenvalue weighted by atomic mass is 16.5. The van der Waals surface area contributed by atoms with Gasteiger partial charge in [-0.2, -0.15) is 5.10 Å². The molecule has 2 aromatic rings. The summed E-state index contributed by atoms with van der Waals surface area (Å²) < 4.78 is 7.16. The molecule has 0 amide bonds. The summed E-state index contributed by atoms with van der Waals surface area (Å²) >= 11 is 0. The van der Waals surface area contributed by atoms with Gasteiger partial charge < -0.3 is 15.2 Å². The van der Waals surface area contributed by atoms with Gasteiger partial charge in [-0.1, -0.05) is 30.3 Å². The number of aromatic carboxylic acids is 1. The number of hydrogen-bond donors (Lipinski definition) is 2. The van der Waals surface area contributed by atoms with Crippen molar-refractivity contribution in [1.29, 1.82) is 0 Å². The molecule has 22 heavy (non-hydrogen) atoms. The molecule has 0 saturated carbocycles. The van der Waals surface area contributed by atoms with E-state index in [9.17, 15) is 9.90 Å². The lowest BCUT2D eigenvalue weighted by Gasteiger charge is -2.12. The van der Waals surface area contributed by atoms with Crippen molar-refractivity contribution in [3.05, 3.63) is 47.8 Å². The number of carbonyl (C=O) groups is 1. The molecule has 6 nitrogen and oxygen atoms in total. The van der Waals surface area contributed by atoms with Crippen LogP contribution in [0.4, 0.5) is 0 Å². The Hall–Kier alpha value is -2.34. The van der Waals surface area contributed by atoms with E-state index in [0.717, 1.165) is 24.9 Å². The van der Waals surface area contributed by atoms with Crippen molar-refractivity contribution in [2.24, 2.45) is 0 Å². The first-order valence-corrected chi connectivity index (χ1v) is 7.43. The van der Waals surface area contributed by atoms with Gasteiger partial charge in [-0.25, -0.2) is 4.79 Å². The van der Waals surface area contributed by atoms with Crippen LogP contribution in [0.1, 0.15) is 28.9 Å². The minimum atomic E-state index is -1.02. The summed E-state index contributed by atoms with van der Waals surface area (Å²) in [5.41, 5.74) is 1.11. The third-order valence-electron chi connectivity index (χ3n) is 3.80. The highest BCUT2D eigenvalue weighted by Crippen LogP contribution is 2.21. The van der Waals surface area contributed by atoms with E-state index < -0.39 is 5.97 Å². The summed E-state index contributed by atoms with van der Waals surface area (Å²) in [6.07, 6.45) is 3.65. The number of carboxylic acids is 1. The van der Waals surface area contributed by atoms with E-state index in [1.54, 1.807) is 0 Å². The van der Waals surface area contributed by atoms with Crippen molar-refractivity contribution >= 4 is 5.97 Å². The number of ether oxygens (including phenoxy) is 1. The van der Waals surface area contributed by atoms with Gasteiger partial charge in [0.2, 0.25) is 0 Å². The van der Waals surface area contributed by atoms with E-state index in [-0.39, 0.29) is 11.7 Å². The molecule has 0 bridgehead atoms. The number of benzene rings is 1. The summed E-state index contributed by atoms with van der Waals surface area (Å²) in [6.45, 7) is 1.86. The van der Waals surface area contributed by atoms with Gasteiger partial charge in [-0.05, 0) is 24.9 Å². The van der Waals surface area contributed by atoms with Crippen LogP contribution in [0, 0.1) is 0 Å². The van der Waals surface area contributed by atoms with Crippen LogP contribution in [0.3, 0.4) is 0 Å². The molecule has 1 atom stereocenters. The molecule has 1 aliphatic heterocycles. The molecule has 0 spiro atoms. The first kappa shape index (κ1) is 14.6. The number of rotatable bonds is 6. The molecule has 116 valence electrons. The summed E-state index contributed by atoms with van der Waals surface area (Å²) in [5, 5.41) is 17.0. The van der Waals surface area contributed by atoms with Crippen LogP contribution in [0.5, 0.6) is 5.75 Å². The van der Waals surface area contributed by atoms with E-state index in [4.69, 9.17) is 4.74 Å². The first-order chi connectivity index (χ1) is 10.7. The molecule has 0 aliphatic carbocycles. The second-order valence-electron chi connectivity index (χ2n) is 5.41. The third kappa shape index (κ3) is 3.28.